The van der Waals surface area contributed by atoms with Crippen LogP contribution in [0.2, 0.25) is 5.02 Å². The number of nitrogens with two attached hydrogens (primary N) is 1. The summed E-state index contributed by atoms with van der Waals surface area (Å²) < 4.78 is 50.8. The molecular formula is C13H10Cl2F4N2. The number of aromatic nitrogens is 1. The molecule has 0 aliphatic carbocycles. The van der Waals surface area contributed by atoms with Gasteiger partial charge in [-0.25, -0.2) is 9.37 Å². The van der Waals surface area contributed by atoms with E-state index in [9.17, 15) is 17.6 Å². The fraction of sp³-hybridized carbons (Fsp3) is 0.154. The highest BCUT2D eigenvalue weighted by atomic mass is 35.5. The van der Waals surface area contributed by atoms with Crippen LogP contribution in [0.4, 0.5) is 17.6 Å². The van der Waals surface area contributed by atoms with E-state index in [0.717, 1.165) is 12.1 Å². The van der Waals surface area contributed by atoms with Gasteiger partial charge in [0.2, 0.25) is 0 Å². The van der Waals surface area contributed by atoms with Gasteiger partial charge in [0.15, 0.2) is 0 Å². The van der Waals surface area contributed by atoms with Crippen molar-refractivity contribution in [3.63, 3.8) is 0 Å². The molecule has 1 heterocycles. The molecule has 0 spiro atoms. The molecule has 2 rings (SSSR count). The standard InChI is InChI=1S/C13H9ClF4N2.ClH/c14-8-6-7(4-5-9(8)15)12(19)10-2-1-3-11(20-10)13(16,17)18;/h1-6,12H,19H2;1H. The average Bonchev–Trinajstić information content (AvgIpc) is 2.40. The molecule has 8 heteroatoms. The molecule has 0 radical (unpaired) electrons. The number of rotatable bonds is 2. The van der Waals surface area contributed by atoms with E-state index in [1.807, 2.05) is 0 Å². The molecule has 1 aromatic heterocycles. The van der Waals surface area contributed by atoms with Crippen LogP contribution in [0, 0.1) is 5.82 Å². The molecule has 0 bridgehead atoms. The van der Waals surface area contributed by atoms with E-state index in [0.29, 0.717) is 5.56 Å². The van der Waals surface area contributed by atoms with Gasteiger partial charge in [0.1, 0.15) is 11.5 Å². The van der Waals surface area contributed by atoms with Crippen molar-refractivity contribution < 1.29 is 17.6 Å². The number of nitrogens with zero attached hydrogens (tertiary/aromatic N) is 1. The number of benzene rings is 1. The molecule has 0 saturated carbocycles. The Kier molecular flexibility index (Phi) is 5.55. The van der Waals surface area contributed by atoms with Gasteiger partial charge >= 0.3 is 6.18 Å². The van der Waals surface area contributed by atoms with Crippen LogP contribution < -0.4 is 5.73 Å². The fourth-order valence-corrected chi connectivity index (χ4v) is 1.85. The zero-order valence-electron chi connectivity index (χ0n) is 10.4. The largest absolute Gasteiger partial charge is 0.433 e. The Morgan fingerprint density at radius 2 is 1.81 bits per heavy atom. The van der Waals surface area contributed by atoms with E-state index in [4.69, 9.17) is 17.3 Å². The Morgan fingerprint density at radius 3 is 2.38 bits per heavy atom. The van der Waals surface area contributed by atoms with Crippen molar-refractivity contribution in [3.05, 3.63) is 64.2 Å². The van der Waals surface area contributed by atoms with Gasteiger partial charge in [0, 0.05) is 0 Å². The second kappa shape index (κ2) is 6.60. The molecule has 114 valence electrons. The molecule has 1 atom stereocenters. The lowest BCUT2D eigenvalue weighted by atomic mass is 10.0. The Morgan fingerprint density at radius 1 is 1.14 bits per heavy atom. The third-order valence-electron chi connectivity index (χ3n) is 2.68. The van der Waals surface area contributed by atoms with Crippen molar-refractivity contribution in [3.8, 4) is 0 Å². The molecule has 2 aromatic rings. The van der Waals surface area contributed by atoms with Crippen molar-refractivity contribution in [2.24, 2.45) is 5.73 Å². The third kappa shape index (κ3) is 4.06. The summed E-state index contributed by atoms with van der Waals surface area (Å²) >= 11 is 5.62. The van der Waals surface area contributed by atoms with Crippen molar-refractivity contribution in [2.45, 2.75) is 12.2 Å². The van der Waals surface area contributed by atoms with Gasteiger partial charge in [0.05, 0.1) is 16.8 Å². The van der Waals surface area contributed by atoms with Crippen LogP contribution in [0.1, 0.15) is 23.0 Å². The molecule has 1 aromatic carbocycles. The Bertz CT molecular complexity index is 632. The van der Waals surface area contributed by atoms with E-state index >= 15 is 0 Å². The molecule has 0 fully saturated rings. The van der Waals surface area contributed by atoms with Crippen LogP contribution in [0.25, 0.3) is 0 Å². The van der Waals surface area contributed by atoms with E-state index in [2.05, 4.69) is 4.98 Å². The Labute approximate surface area is 129 Å². The van der Waals surface area contributed by atoms with E-state index in [-0.39, 0.29) is 23.1 Å². The minimum absolute atomic E-state index is 0. The van der Waals surface area contributed by atoms with Gasteiger partial charge in [-0.1, -0.05) is 23.7 Å². The highest BCUT2D eigenvalue weighted by molar-refractivity contribution is 6.30. The summed E-state index contributed by atoms with van der Waals surface area (Å²) in [6.45, 7) is 0. The second-order valence-electron chi connectivity index (χ2n) is 4.10. The van der Waals surface area contributed by atoms with Crippen molar-refractivity contribution in [1.29, 1.82) is 0 Å². The Balaban J connectivity index is 0.00000220. The molecule has 0 saturated heterocycles. The van der Waals surface area contributed by atoms with Crippen LogP contribution >= 0.6 is 24.0 Å². The first-order valence-corrected chi connectivity index (χ1v) is 5.91. The van der Waals surface area contributed by atoms with Crippen molar-refractivity contribution in [2.75, 3.05) is 0 Å². The zero-order chi connectivity index (χ0) is 14.9. The topological polar surface area (TPSA) is 38.9 Å². The normalized spacial score (nSPS) is 12.7. The van der Waals surface area contributed by atoms with Gasteiger partial charge in [-0.15, -0.1) is 12.4 Å². The fourth-order valence-electron chi connectivity index (χ4n) is 1.66. The summed E-state index contributed by atoms with van der Waals surface area (Å²) in [7, 11) is 0. The van der Waals surface area contributed by atoms with E-state index in [1.165, 1.54) is 24.3 Å². The maximum Gasteiger partial charge on any atom is 0.433 e. The lowest BCUT2D eigenvalue weighted by molar-refractivity contribution is -0.141. The summed E-state index contributed by atoms with van der Waals surface area (Å²) in [5.74, 6) is -0.625. The van der Waals surface area contributed by atoms with Gasteiger partial charge in [-0.3, -0.25) is 0 Å². The van der Waals surface area contributed by atoms with Gasteiger partial charge in [-0.05, 0) is 29.8 Å². The lowest BCUT2D eigenvalue weighted by Crippen LogP contribution is -2.16. The molecule has 2 N–H and O–H groups in total. The average molecular weight is 341 g/mol. The number of hydrogen-bond acceptors (Lipinski definition) is 2. The molecule has 0 aliphatic rings. The van der Waals surface area contributed by atoms with Crippen LogP contribution in [0.5, 0.6) is 0 Å². The highest BCUT2D eigenvalue weighted by Gasteiger charge is 2.32. The van der Waals surface area contributed by atoms with Crippen LogP contribution in [0.15, 0.2) is 36.4 Å². The third-order valence-corrected chi connectivity index (χ3v) is 2.97. The first-order chi connectivity index (χ1) is 9.29. The van der Waals surface area contributed by atoms with Crippen LogP contribution in [-0.4, -0.2) is 4.98 Å². The maximum absolute atomic E-state index is 13.0. The molecule has 21 heavy (non-hydrogen) atoms. The van der Waals surface area contributed by atoms with Crippen LogP contribution in [-0.2, 0) is 6.18 Å². The van der Waals surface area contributed by atoms with Gasteiger partial charge < -0.3 is 5.73 Å². The molecule has 2 nitrogen and oxygen atoms in total. The lowest BCUT2D eigenvalue weighted by Gasteiger charge is -2.14. The molecular weight excluding hydrogens is 331 g/mol. The minimum atomic E-state index is -4.55. The first-order valence-electron chi connectivity index (χ1n) is 5.53. The summed E-state index contributed by atoms with van der Waals surface area (Å²) in [6.07, 6.45) is -4.55. The van der Waals surface area contributed by atoms with Crippen LogP contribution in [0.3, 0.4) is 0 Å². The van der Waals surface area contributed by atoms with Gasteiger partial charge in [-0.2, -0.15) is 13.2 Å². The SMILES string of the molecule is Cl.NC(c1ccc(F)c(Cl)c1)c1cccc(C(F)(F)F)n1. The summed E-state index contributed by atoms with van der Waals surface area (Å²) in [6, 6.07) is 6.25. The monoisotopic (exact) mass is 340 g/mol. The predicted molar refractivity (Wildman–Crippen MR) is 73.9 cm³/mol. The Hall–Kier alpha value is -1.37. The molecule has 1 unspecified atom stereocenters. The van der Waals surface area contributed by atoms with E-state index < -0.39 is 23.7 Å². The van der Waals surface area contributed by atoms with Crippen molar-refractivity contribution in [1.82, 2.24) is 4.98 Å². The number of pyridine rings is 1. The molecule has 0 aliphatic heterocycles. The number of halogens is 6. The summed E-state index contributed by atoms with van der Waals surface area (Å²) in [4.78, 5) is 3.49. The molecule has 0 amide bonds. The maximum atomic E-state index is 13.0. The van der Waals surface area contributed by atoms with E-state index in [1.54, 1.807) is 0 Å². The summed E-state index contributed by atoms with van der Waals surface area (Å²) in [5, 5.41) is -0.148. The quantitative estimate of drug-likeness (QED) is 0.825. The minimum Gasteiger partial charge on any atom is -0.319 e. The number of alkyl halides is 3. The zero-order valence-corrected chi connectivity index (χ0v) is 11.9. The van der Waals surface area contributed by atoms with Gasteiger partial charge in [0.25, 0.3) is 0 Å². The summed E-state index contributed by atoms with van der Waals surface area (Å²) in [5.41, 5.74) is 5.22. The smallest absolute Gasteiger partial charge is 0.319 e. The second-order valence-corrected chi connectivity index (χ2v) is 4.50. The van der Waals surface area contributed by atoms with Crippen molar-refractivity contribution >= 4 is 24.0 Å². The predicted octanol–water partition coefficient (Wildman–Crippen LogP) is 4.36. The number of hydrogen-bond donors (Lipinski definition) is 1. The first kappa shape index (κ1) is 17.7. The highest BCUT2D eigenvalue weighted by Crippen LogP contribution is 2.29.